The highest BCUT2D eigenvalue weighted by atomic mass is 32.2. The van der Waals surface area contributed by atoms with Crippen LogP contribution in [0.2, 0.25) is 0 Å². The number of hydrogen-bond donors (Lipinski definition) is 1. The molecule has 3 aromatic rings. The van der Waals surface area contributed by atoms with E-state index in [-0.39, 0.29) is 5.75 Å². The molecule has 8 heteroatoms. The van der Waals surface area contributed by atoms with Crippen LogP contribution in [0.1, 0.15) is 29.9 Å². The third-order valence-electron chi connectivity index (χ3n) is 5.54. The molecule has 1 aliphatic heterocycles. The highest BCUT2D eigenvalue weighted by Crippen LogP contribution is 2.36. The highest BCUT2D eigenvalue weighted by Gasteiger charge is 2.25. The van der Waals surface area contributed by atoms with Crippen LogP contribution in [0.4, 0.5) is 8.78 Å². The smallest absolute Gasteiger partial charge is 0.342 e. The van der Waals surface area contributed by atoms with Crippen LogP contribution in [0, 0.1) is 18.6 Å². The van der Waals surface area contributed by atoms with E-state index in [0.29, 0.717) is 5.92 Å². The van der Waals surface area contributed by atoms with Crippen molar-refractivity contribution in [1.82, 2.24) is 9.88 Å². The summed E-state index contributed by atoms with van der Waals surface area (Å²) in [6.45, 7) is 3.85. The van der Waals surface area contributed by atoms with Crippen molar-refractivity contribution in [2.45, 2.75) is 30.6 Å². The van der Waals surface area contributed by atoms with Crippen LogP contribution >= 0.6 is 0 Å². The molecule has 0 unspecified atom stereocenters. The number of aromatic amines is 1. The fraction of sp³-hybridized carbons (Fsp3) is 0.333. The first-order chi connectivity index (χ1) is 13.8. The summed E-state index contributed by atoms with van der Waals surface area (Å²) in [5.41, 5.74) is 2.85. The van der Waals surface area contributed by atoms with E-state index in [1.807, 2.05) is 13.1 Å². The second kappa shape index (κ2) is 7.42. The van der Waals surface area contributed by atoms with Gasteiger partial charge in [-0.1, -0.05) is 6.07 Å². The Morgan fingerprint density at radius 3 is 2.62 bits per heavy atom. The number of aryl methyl sites for hydroxylation is 1. The molecule has 2 heterocycles. The summed E-state index contributed by atoms with van der Waals surface area (Å²) >= 11 is 0. The number of aromatic nitrogens is 1. The van der Waals surface area contributed by atoms with Crippen LogP contribution < -0.4 is 4.18 Å². The van der Waals surface area contributed by atoms with Gasteiger partial charge in [-0.2, -0.15) is 8.42 Å². The zero-order chi connectivity index (χ0) is 20.8. The molecule has 0 spiro atoms. The summed E-state index contributed by atoms with van der Waals surface area (Å²) in [5, 5.41) is 0.893. The maximum atomic E-state index is 14.0. The van der Waals surface area contributed by atoms with Crippen molar-refractivity contribution < 1.29 is 21.4 Å². The lowest BCUT2D eigenvalue weighted by Gasteiger charge is -2.28. The minimum atomic E-state index is -4.51. The molecule has 154 valence electrons. The second-order valence-corrected chi connectivity index (χ2v) is 9.09. The Hall–Kier alpha value is -2.45. The van der Waals surface area contributed by atoms with E-state index < -0.39 is 26.6 Å². The SMILES string of the molecule is Cc1cc(OS(=O)(=O)c2cccc(F)c2F)cc2c(C3CCN(C)CC3)c[nH]c12. The van der Waals surface area contributed by atoms with Gasteiger partial charge in [0.1, 0.15) is 10.6 Å². The van der Waals surface area contributed by atoms with Gasteiger partial charge in [0.2, 0.25) is 0 Å². The Bertz CT molecular complexity index is 1170. The second-order valence-electron chi connectivity index (χ2n) is 7.57. The molecule has 0 saturated carbocycles. The molecule has 2 aromatic carbocycles. The molecule has 5 nitrogen and oxygen atoms in total. The van der Waals surface area contributed by atoms with Gasteiger partial charge < -0.3 is 14.1 Å². The number of fused-ring (bicyclic) bond motifs is 1. The standard InChI is InChI=1S/C21H22F2N2O3S/c1-13-10-15(28-29(26,27)19-5-3-4-18(22)20(19)23)11-16-17(12-24-21(13)16)14-6-8-25(2)9-7-14/h3-5,10-12,14,24H,6-9H2,1-2H3. The van der Waals surface area contributed by atoms with Crippen molar-refractivity contribution >= 4 is 21.0 Å². The van der Waals surface area contributed by atoms with Crippen molar-refractivity contribution in [3.05, 3.63) is 59.3 Å². The summed E-state index contributed by atoms with van der Waals surface area (Å²) in [6, 6.07) is 6.21. The topological polar surface area (TPSA) is 62.4 Å². The molecule has 1 fully saturated rings. The molecule has 0 amide bonds. The van der Waals surface area contributed by atoms with Crippen molar-refractivity contribution in [2.75, 3.05) is 20.1 Å². The maximum Gasteiger partial charge on any atom is 0.342 e. The number of nitrogens with zero attached hydrogens (tertiary/aromatic N) is 1. The normalized spacial score (nSPS) is 16.4. The fourth-order valence-corrected chi connectivity index (χ4v) is 4.96. The number of halogens is 2. The first-order valence-corrected chi connectivity index (χ1v) is 10.9. The van der Waals surface area contributed by atoms with Crippen LogP contribution in [0.5, 0.6) is 5.75 Å². The summed E-state index contributed by atoms with van der Waals surface area (Å²) in [6.07, 6.45) is 4.00. The van der Waals surface area contributed by atoms with Crippen LogP contribution in [0.15, 0.2) is 41.4 Å². The molecule has 1 aliphatic rings. The Morgan fingerprint density at radius 1 is 1.17 bits per heavy atom. The lowest BCUT2D eigenvalue weighted by molar-refractivity contribution is 0.256. The third-order valence-corrected chi connectivity index (χ3v) is 6.81. The van der Waals surface area contributed by atoms with Crippen molar-refractivity contribution in [2.24, 2.45) is 0 Å². The largest absolute Gasteiger partial charge is 0.379 e. The molecule has 4 rings (SSSR count). The van der Waals surface area contributed by atoms with Crippen LogP contribution in [-0.2, 0) is 10.1 Å². The highest BCUT2D eigenvalue weighted by molar-refractivity contribution is 7.87. The molecule has 1 N–H and O–H groups in total. The maximum absolute atomic E-state index is 14.0. The van der Waals surface area contributed by atoms with Gasteiger partial charge in [-0.15, -0.1) is 0 Å². The minimum Gasteiger partial charge on any atom is -0.379 e. The number of hydrogen-bond acceptors (Lipinski definition) is 4. The van der Waals surface area contributed by atoms with Crippen molar-refractivity contribution in [1.29, 1.82) is 0 Å². The van der Waals surface area contributed by atoms with E-state index in [1.54, 1.807) is 12.1 Å². The number of piperidine rings is 1. The minimum absolute atomic E-state index is 0.0763. The van der Waals surface area contributed by atoms with Gasteiger partial charge in [0.15, 0.2) is 11.6 Å². The number of likely N-dealkylation sites (tertiary alicyclic amines) is 1. The van der Waals surface area contributed by atoms with E-state index >= 15 is 0 Å². The predicted octanol–water partition coefficient (Wildman–Crippen LogP) is 4.33. The summed E-state index contributed by atoms with van der Waals surface area (Å²) < 4.78 is 57.7. The predicted molar refractivity (Wildman–Crippen MR) is 107 cm³/mol. The van der Waals surface area contributed by atoms with Gasteiger partial charge in [0.25, 0.3) is 0 Å². The lowest BCUT2D eigenvalue weighted by Crippen LogP contribution is -2.29. The van der Waals surface area contributed by atoms with E-state index in [9.17, 15) is 17.2 Å². The number of rotatable bonds is 4. The monoisotopic (exact) mass is 420 g/mol. The summed E-state index contributed by atoms with van der Waals surface area (Å²) in [7, 11) is -2.42. The zero-order valence-corrected chi connectivity index (χ0v) is 17.0. The Morgan fingerprint density at radius 2 is 1.90 bits per heavy atom. The molecular formula is C21H22F2N2O3S. The fourth-order valence-electron chi connectivity index (χ4n) is 3.96. The first-order valence-electron chi connectivity index (χ1n) is 9.45. The Kier molecular flexibility index (Phi) is 5.08. The van der Waals surface area contributed by atoms with Gasteiger partial charge in [-0.3, -0.25) is 0 Å². The Balaban J connectivity index is 1.71. The van der Waals surface area contributed by atoms with Gasteiger partial charge >= 0.3 is 10.1 Å². The van der Waals surface area contributed by atoms with E-state index in [0.717, 1.165) is 66.2 Å². The molecule has 1 aromatic heterocycles. The molecule has 29 heavy (non-hydrogen) atoms. The van der Waals surface area contributed by atoms with Crippen LogP contribution in [0.3, 0.4) is 0 Å². The molecule has 0 aliphatic carbocycles. The molecule has 0 radical (unpaired) electrons. The molecule has 0 bridgehead atoms. The Labute approximate surface area is 168 Å². The lowest BCUT2D eigenvalue weighted by atomic mass is 9.89. The van der Waals surface area contributed by atoms with Gasteiger partial charge in [0, 0.05) is 17.1 Å². The van der Waals surface area contributed by atoms with E-state index in [2.05, 4.69) is 16.9 Å². The molecular weight excluding hydrogens is 398 g/mol. The number of H-pyrrole nitrogens is 1. The van der Waals surface area contributed by atoms with Crippen molar-refractivity contribution in [3.8, 4) is 5.75 Å². The average Bonchev–Trinajstić information content (AvgIpc) is 3.08. The zero-order valence-electron chi connectivity index (χ0n) is 16.2. The van der Waals surface area contributed by atoms with Gasteiger partial charge in [-0.05, 0) is 81.2 Å². The van der Waals surface area contributed by atoms with Gasteiger partial charge in [0.05, 0.1) is 0 Å². The summed E-state index contributed by atoms with van der Waals surface area (Å²) in [5.74, 6) is -2.24. The molecule has 0 atom stereocenters. The number of benzene rings is 2. The third kappa shape index (κ3) is 3.74. The average molecular weight is 420 g/mol. The van der Waals surface area contributed by atoms with Gasteiger partial charge in [-0.25, -0.2) is 8.78 Å². The van der Waals surface area contributed by atoms with Crippen LogP contribution in [-0.4, -0.2) is 38.4 Å². The van der Waals surface area contributed by atoms with E-state index in [1.165, 1.54) is 0 Å². The number of nitrogens with one attached hydrogen (secondary N) is 1. The quantitative estimate of drug-likeness (QED) is 0.638. The van der Waals surface area contributed by atoms with Crippen molar-refractivity contribution in [3.63, 3.8) is 0 Å². The van der Waals surface area contributed by atoms with E-state index in [4.69, 9.17) is 4.18 Å². The summed E-state index contributed by atoms with van der Waals surface area (Å²) in [4.78, 5) is 4.74. The van der Waals surface area contributed by atoms with Crippen LogP contribution in [0.25, 0.3) is 10.9 Å². The molecule has 1 saturated heterocycles. The first kappa shape index (κ1) is 19.8.